The maximum atomic E-state index is 13.4. The first kappa shape index (κ1) is 15.1. The van der Waals surface area contributed by atoms with Gasteiger partial charge >= 0.3 is 0 Å². The number of rotatable bonds is 3. The molecule has 0 radical (unpaired) electrons. The number of carbonyl (C=O) groups is 1. The lowest BCUT2D eigenvalue weighted by Crippen LogP contribution is -2.58. The van der Waals surface area contributed by atoms with Crippen LogP contribution in [0.3, 0.4) is 0 Å². The lowest BCUT2D eigenvalue weighted by atomic mass is 9.43. The molecule has 2 saturated carbocycles. The Balaban J connectivity index is 1.44. The van der Waals surface area contributed by atoms with Gasteiger partial charge in [0.15, 0.2) is 0 Å². The maximum absolute atomic E-state index is 13.4. The fourth-order valence-electron chi connectivity index (χ4n) is 5.17. The van der Waals surface area contributed by atoms with Crippen LogP contribution < -0.4 is 5.32 Å². The van der Waals surface area contributed by atoms with Gasteiger partial charge in [-0.2, -0.15) is 5.10 Å². The number of aryl methyl sites for hydroxylation is 1. The maximum Gasteiger partial charge on any atom is 0.235 e. The van der Waals surface area contributed by atoms with E-state index in [2.05, 4.69) is 21.5 Å². The Labute approximate surface area is 147 Å². The molecule has 2 fully saturated rings. The Hall–Kier alpha value is -2.17. The van der Waals surface area contributed by atoms with Crippen molar-refractivity contribution in [3.63, 3.8) is 0 Å². The molecule has 0 unspecified atom stereocenters. The summed E-state index contributed by atoms with van der Waals surface area (Å²) in [5.74, 6) is 0.124. The summed E-state index contributed by atoms with van der Waals surface area (Å²) in [5, 5.41) is 7.68. The lowest BCUT2D eigenvalue weighted by molar-refractivity contribution is -0.136. The molecule has 1 aliphatic heterocycles. The third kappa shape index (κ3) is 2.25. The number of aromatic nitrogens is 3. The summed E-state index contributed by atoms with van der Waals surface area (Å²) < 4.78 is 2.05. The molecule has 2 aromatic rings. The molecular weight excluding hydrogens is 312 g/mol. The summed E-state index contributed by atoms with van der Waals surface area (Å²) in [7, 11) is 0. The van der Waals surface area contributed by atoms with E-state index >= 15 is 0 Å². The first-order chi connectivity index (χ1) is 12.2. The Morgan fingerprint density at radius 1 is 1.16 bits per heavy atom. The minimum absolute atomic E-state index is 0.124. The fraction of sp³-hybridized carbons (Fsp3) is 0.550. The largest absolute Gasteiger partial charge is 0.322 e. The van der Waals surface area contributed by atoms with Gasteiger partial charge in [-0.3, -0.25) is 14.5 Å². The molecule has 0 bridgehead atoms. The van der Waals surface area contributed by atoms with Gasteiger partial charge < -0.3 is 5.32 Å². The van der Waals surface area contributed by atoms with Crippen LogP contribution in [0, 0.1) is 5.41 Å². The van der Waals surface area contributed by atoms with E-state index in [1.165, 1.54) is 37.8 Å². The molecule has 3 aliphatic rings. The lowest BCUT2D eigenvalue weighted by Gasteiger charge is -2.60. The van der Waals surface area contributed by atoms with E-state index < -0.39 is 5.41 Å². The van der Waals surface area contributed by atoms with Gasteiger partial charge in [0.25, 0.3) is 0 Å². The number of nitrogens with one attached hydrogen (secondary N) is 1. The fourth-order valence-corrected chi connectivity index (χ4v) is 5.17. The molecule has 1 spiro atoms. The SMILES string of the molecule is O=C(Nc1cnn2c1CCCC2)C1(c2cccnc2)CC2(CCC2)C1. The first-order valence-electron chi connectivity index (χ1n) is 9.48. The molecule has 1 amide bonds. The van der Waals surface area contributed by atoms with Crippen LogP contribution in [0.15, 0.2) is 30.7 Å². The molecule has 5 heteroatoms. The number of hydrogen-bond donors (Lipinski definition) is 1. The van der Waals surface area contributed by atoms with Crippen LogP contribution in [0.4, 0.5) is 5.69 Å². The van der Waals surface area contributed by atoms with E-state index in [0.717, 1.165) is 37.1 Å². The van der Waals surface area contributed by atoms with E-state index in [9.17, 15) is 4.79 Å². The standard InChI is InChI=1S/C20H24N4O/c25-18(23-16-12-22-24-10-2-1-6-17(16)24)20(15-5-3-9-21-11-15)13-19(14-20)7-4-8-19/h3,5,9,11-12H,1-2,4,6-8,10,13-14H2,(H,23,25). The molecule has 5 nitrogen and oxygen atoms in total. The third-order valence-electron chi connectivity index (χ3n) is 6.65. The second kappa shape index (κ2) is 5.41. The Bertz CT molecular complexity index is 798. The number of carbonyl (C=O) groups excluding carboxylic acids is 1. The number of fused-ring (bicyclic) bond motifs is 1. The van der Waals surface area contributed by atoms with Crippen molar-refractivity contribution in [1.82, 2.24) is 14.8 Å². The molecule has 2 aromatic heterocycles. The van der Waals surface area contributed by atoms with Crippen molar-refractivity contribution in [2.24, 2.45) is 5.41 Å². The second-order valence-electron chi connectivity index (χ2n) is 8.17. The quantitative estimate of drug-likeness (QED) is 0.934. The smallest absolute Gasteiger partial charge is 0.235 e. The number of pyridine rings is 1. The zero-order valence-corrected chi connectivity index (χ0v) is 14.5. The highest BCUT2D eigenvalue weighted by molar-refractivity contribution is 6.00. The Kier molecular flexibility index (Phi) is 3.27. The third-order valence-corrected chi connectivity index (χ3v) is 6.65. The van der Waals surface area contributed by atoms with Crippen LogP contribution in [0.1, 0.15) is 56.2 Å². The Morgan fingerprint density at radius 2 is 2.04 bits per heavy atom. The van der Waals surface area contributed by atoms with Gasteiger partial charge in [0.2, 0.25) is 5.91 Å². The van der Waals surface area contributed by atoms with Crippen molar-refractivity contribution in [1.29, 1.82) is 0 Å². The van der Waals surface area contributed by atoms with Gasteiger partial charge in [0.05, 0.1) is 23.0 Å². The van der Waals surface area contributed by atoms with Crippen LogP contribution in [-0.4, -0.2) is 20.7 Å². The predicted molar refractivity (Wildman–Crippen MR) is 95.2 cm³/mol. The highest BCUT2D eigenvalue weighted by Gasteiger charge is 2.61. The predicted octanol–water partition coefficient (Wildman–Crippen LogP) is 3.46. The summed E-state index contributed by atoms with van der Waals surface area (Å²) in [5.41, 5.74) is 3.14. The van der Waals surface area contributed by atoms with Gasteiger partial charge in [0, 0.05) is 18.9 Å². The van der Waals surface area contributed by atoms with Gasteiger partial charge in [-0.25, -0.2) is 0 Å². The molecule has 2 aliphatic carbocycles. The topological polar surface area (TPSA) is 59.8 Å². The molecule has 0 atom stereocenters. The van der Waals surface area contributed by atoms with Crippen molar-refractivity contribution in [2.75, 3.05) is 5.32 Å². The average molecular weight is 336 g/mol. The van der Waals surface area contributed by atoms with Crippen LogP contribution >= 0.6 is 0 Å². The van der Waals surface area contributed by atoms with Crippen molar-refractivity contribution in [2.45, 2.75) is 63.3 Å². The minimum atomic E-state index is -0.418. The highest BCUT2D eigenvalue weighted by Crippen LogP contribution is 2.65. The van der Waals surface area contributed by atoms with Crippen molar-refractivity contribution in [3.05, 3.63) is 42.0 Å². The second-order valence-corrected chi connectivity index (χ2v) is 8.17. The first-order valence-corrected chi connectivity index (χ1v) is 9.48. The molecule has 0 saturated heterocycles. The number of amides is 1. The highest BCUT2D eigenvalue weighted by atomic mass is 16.2. The summed E-state index contributed by atoms with van der Waals surface area (Å²) >= 11 is 0. The van der Waals surface area contributed by atoms with Gasteiger partial charge in [-0.1, -0.05) is 12.5 Å². The van der Waals surface area contributed by atoms with E-state index in [4.69, 9.17) is 0 Å². The average Bonchev–Trinajstić information content (AvgIpc) is 2.97. The minimum Gasteiger partial charge on any atom is -0.322 e. The van der Waals surface area contributed by atoms with Crippen LogP contribution in [0.5, 0.6) is 0 Å². The molecule has 25 heavy (non-hydrogen) atoms. The summed E-state index contributed by atoms with van der Waals surface area (Å²) in [6.07, 6.45) is 14.6. The van der Waals surface area contributed by atoms with Gasteiger partial charge in [-0.15, -0.1) is 0 Å². The number of anilines is 1. The molecule has 130 valence electrons. The van der Waals surface area contributed by atoms with Crippen molar-refractivity contribution >= 4 is 11.6 Å². The summed E-state index contributed by atoms with van der Waals surface area (Å²) in [4.78, 5) is 17.6. The van der Waals surface area contributed by atoms with E-state index in [1.54, 1.807) is 6.20 Å². The van der Waals surface area contributed by atoms with E-state index in [-0.39, 0.29) is 5.91 Å². The zero-order chi connectivity index (χ0) is 16.9. The van der Waals surface area contributed by atoms with Crippen LogP contribution in [0.2, 0.25) is 0 Å². The van der Waals surface area contributed by atoms with Crippen molar-refractivity contribution in [3.8, 4) is 0 Å². The molecular formula is C20H24N4O. The van der Waals surface area contributed by atoms with Crippen LogP contribution in [0.25, 0.3) is 0 Å². The normalized spacial score (nSPS) is 22.6. The molecule has 5 rings (SSSR count). The molecule has 0 aromatic carbocycles. The summed E-state index contributed by atoms with van der Waals surface area (Å²) in [6, 6.07) is 4.00. The van der Waals surface area contributed by atoms with E-state index in [1.807, 2.05) is 23.1 Å². The van der Waals surface area contributed by atoms with Gasteiger partial charge in [-0.05, 0) is 62.0 Å². The van der Waals surface area contributed by atoms with Crippen molar-refractivity contribution < 1.29 is 4.79 Å². The monoisotopic (exact) mass is 336 g/mol. The zero-order valence-electron chi connectivity index (χ0n) is 14.5. The number of nitrogens with zero attached hydrogens (tertiary/aromatic N) is 3. The number of hydrogen-bond acceptors (Lipinski definition) is 3. The van der Waals surface area contributed by atoms with Gasteiger partial charge in [0.1, 0.15) is 0 Å². The van der Waals surface area contributed by atoms with Crippen LogP contribution in [-0.2, 0) is 23.2 Å². The van der Waals surface area contributed by atoms with E-state index in [0.29, 0.717) is 5.41 Å². The Morgan fingerprint density at radius 3 is 2.76 bits per heavy atom. The molecule has 1 N–H and O–H groups in total. The summed E-state index contributed by atoms with van der Waals surface area (Å²) in [6.45, 7) is 0.960. The molecule has 3 heterocycles.